The summed E-state index contributed by atoms with van der Waals surface area (Å²) in [6.45, 7) is 4.13. The van der Waals surface area contributed by atoms with Crippen LogP contribution in [0.5, 0.6) is 0 Å². The minimum Gasteiger partial charge on any atom is -0.466 e. The third-order valence-corrected chi connectivity index (χ3v) is 2.45. The van der Waals surface area contributed by atoms with Crippen molar-refractivity contribution in [2.75, 3.05) is 18.5 Å². The zero-order valence-electron chi connectivity index (χ0n) is 9.80. The Morgan fingerprint density at radius 2 is 2.29 bits per heavy atom. The van der Waals surface area contributed by atoms with Gasteiger partial charge in [0, 0.05) is 11.6 Å². The van der Waals surface area contributed by atoms with Crippen molar-refractivity contribution in [2.24, 2.45) is 5.92 Å². The van der Waals surface area contributed by atoms with Crippen LogP contribution < -0.4 is 5.32 Å². The van der Waals surface area contributed by atoms with E-state index in [1.165, 1.54) is 12.1 Å². The molecule has 3 nitrogen and oxygen atoms in total. The molecule has 94 valence electrons. The fourth-order valence-electron chi connectivity index (χ4n) is 1.26. The molecule has 1 N–H and O–H groups in total. The molecule has 0 spiro atoms. The van der Waals surface area contributed by atoms with Gasteiger partial charge in [0.1, 0.15) is 5.82 Å². The van der Waals surface area contributed by atoms with Crippen LogP contribution in [0, 0.1) is 11.7 Å². The van der Waals surface area contributed by atoms with Crippen molar-refractivity contribution in [3.63, 3.8) is 0 Å². The number of benzene rings is 1. The Morgan fingerprint density at radius 3 is 2.88 bits per heavy atom. The van der Waals surface area contributed by atoms with Crippen molar-refractivity contribution < 1.29 is 13.9 Å². The van der Waals surface area contributed by atoms with Crippen molar-refractivity contribution in [1.82, 2.24) is 0 Å². The number of carbonyl (C=O) groups is 1. The molecule has 0 aliphatic carbocycles. The molecule has 1 unspecified atom stereocenters. The van der Waals surface area contributed by atoms with Gasteiger partial charge in [-0.15, -0.1) is 0 Å². The number of ether oxygens (including phenoxy) is 1. The molecule has 0 saturated carbocycles. The maximum Gasteiger partial charge on any atom is 0.310 e. The molecule has 0 aliphatic heterocycles. The van der Waals surface area contributed by atoms with E-state index in [0.29, 0.717) is 23.9 Å². The Bertz CT molecular complexity index is 398. The number of rotatable bonds is 5. The molecule has 0 amide bonds. The van der Waals surface area contributed by atoms with E-state index in [4.69, 9.17) is 16.3 Å². The highest BCUT2D eigenvalue weighted by atomic mass is 35.5. The van der Waals surface area contributed by atoms with Crippen LogP contribution in [-0.2, 0) is 9.53 Å². The number of esters is 1. The number of halogens is 2. The number of carbonyl (C=O) groups excluding carboxylic acids is 1. The highest BCUT2D eigenvalue weighted by Gasteiger charge is 2.14. The van der Waals surface area contributed by atoms with E-state index in [0.717, 1.165) is 0 Å². The standard InChI is InChI=1S/C12H15ClFNO2/c1-3-17-12(16)8(2)7-15-11-5-4-9(13)6-10(11)14/h4-6,8,15H,3,7H2,1-2H3. The molecule has 1 aromatic carbocycles. The quantitative estimate of drug-likeness (QED) is 0.826. The average molecular weight is 260 g/mol. The molecule has 5 heteroatoms. The van der Waals surface area contributed by atoms with Gasteiger partial charge in [-0.05, 0) is 25.1 Å². The fourth-order valence-corrected chi connectivity index (χ4v) is 1.42. The number of nitrogens with one attached hydrogen (secondary N) is 1. The average Bonchev–Trinajstić information content (AvgIpc) is 2.27. The van der Waals surface area contributed by atoms with Crippen LogP contribution in [0.1, 0.15) is 13.8 Å². The first-order chi connectivity index (χ1) is 8.04. The first-order valence-corrected chi connectivity index (χ1v) is 5.78. The maximum atomic E-state index is 13.4. The summed E-state index contributed by atoms with van der Waals surface area (Å²) in [6.07, 6.45) is 0. The Hall–Kier alpha value is -1.29. The van der Waals surface area contributed by atoms with Crippen LogP contribution >= 0.6 is 11.6 Å². The number of anilines is 1. The summed E-state index contributed by atoms with van der Waals surface area (Å²) in [6, 6.07) is 4.34. The molecule has 0 fully saturated rings. The van der Waals surface area contributed by atoms with Gasteiger partial charge >= 0.3 is 5.97 Å². The topological polar surface area (TPSA) is 38.3 Å². The molecule has 1 atom stereocenters. The summed E-state index contributed by atoms with van der Waals surface area (Å²) in [5, 5.41) is 3.18. The molecular formula is C12H15ClFNO2. The zero-order valence-corrected chi connectivity index (χ0v) is 10.6. The highest BCUT2D eigenvalue weighted by molar-refractivity contribution is 6.30. The zero-order chi connectivity index (χ0) is 12.8. The van der Waals surface area contributed by atoms with Gasteiger partial charge in [0.05, 0.1) is 18.2 Å². The van der Waals surface area contributed by atoms with Crippen LogP contribution in [0.15, 0.2) is 18.2 Å². The van der Waals surface area contributed by atoms with E-state index in [2.05, 4.69) is 5.32 Å². The van der Waals surface area contributed by atoms with E-state index in [-0.39, 0.29) is 11.9 Å². The van der Waals surface area contributed by atoms with Gasteiger partial charge in [-0.1, -0.05) is 18.5 Å². The van der Waals surface area contributed by atoms with Gasteiger partial charge in [0.15, 0.2) is 0 Å². The van der Waals surface area contributed by atoms with Crippen molar-refractivity contribution >= 4 is 23.3 Å². The molecule has 0 heterocycles. The van der Waals surface area contributed by atoms with E-state index in [9.17, 15) is 9.18 Å². The van der Waals surface area contributed by atoms with Crippen LogP contribution in [0.4, 0.5) is 10.1 Å². The van der Waals surface area contributed by atoms with Gasteiger partial charge in [0.2, 0.25) is 0 Å². The SMILES string of the molecule is CCOC(=O)C(C)CNc1ccc(Cl)cc1F. The van der Waals surface area contributed by atoms with Gasteiger partial charge < -0.3 is 10.1 Å². The maximum absolute atomic E-state index is 13.4. The summed E-state index contributed by atoms with van der Waals surface area (Å²) in [7, 11) is 0. The van der Waals surface area contributed by atoms with Crippen molar-refractivity contribution in [2.45, 2.75) is 13.8 Å². The molecule has 17 heavy (non-hydrogen) atoms. The van der Waals surface area contributed by atoms with Gasteiger partial charge in [-0.25, -0.2) is 4.39 Å². The summed E-state index contributed by atoms with van der Waals surface area (Å²) < 4.78 is 18.2. The van der Waals surface area contributed by atoms with E-state index in [1.807, 2.05) is 0 Å². The second-order valence-corrected chi connectivity index (χ2v) is 4.09. The Morgan fingerprint density at radius 1 is 1.59 bits per heavy atom. The van der Waals surface area contributed by atoms with E-state index in [1.54, 1.807) is 19.9 Å². The molecule has 0 radical (unpaired) electrons. The van der Waals surface area contributed by atoms with E-state index >= 15 is 0 Å². The molecule has 0 saturated heterocycles. The predicted octanol–water partition coefficient (Wildman–Crippen LogP) is 3.09. The first kappa shape index (κ1) is 13.8. The van der Waals surface area contributed by atoms with Gasteiger partial charge in [-0.2, -0.15) is 0 Å². The molecule has 0 aliphatic rings. The molecule has 1 rings (SSSR count). The molecule has 1 aromatic rings. The second kappa shape index (κ2) is 6.45. The number of hydrogen-bond acceptors (Lipinski definition) is 3. The smallest absolute Gasteiger partial charge is 0.310 e. The van der Waals surface area contributed by atoms with Crippen molar-refractivity contribution in [1.29, 1.82) is 0 Å². The molecular weight excluding hydrogens is 245 g/mol. The van der Waals surface area contributed by atoms with Crippen molar-refractivity contribution in [3.8, 4) is 0 Å². The van der Waals surface area contributed by atoms with Crippen LogP contribution in [0.25, 0.3) is 0 Å². The monoisotopic (exact) mass is 259 g/mol. The normalized spacial score (nSPS) is 12.0. The second-order valence-electron chi connectivity index (χ2n) is 3.66. The lowest BCUT2D eigenvalue weighted by molar-refractivity contribution is -0.146. The Labute approximate surface area is 105 Å². The molecule has 0 aromatic heterocycles. The van der Waals surface area contributed by atoms with Crippen LogP contribution in [0.3, 0.4) is 0 Å². The third kappa shape index (κ3) is 4.23. The largest absolute Gasteiger partial charge is 0.466 e. The van der Waals surface area contributed by atoms with Crippen molar-refractivity contribution in [3.05, 3.63) is 29.0 Å². The molecule has 0 bridgehead atoms. The summed E-state index contributed by atoms with van der Waals surface area (Å²) in [5.74, 6) is -1.06. The summed E-state index contributed by atoms with van der Waals surface area (Å²) in [5.41, 5.74) is 0.325. The van der Waals surface area contributed by atoms with Crippen LogP contribution in [-0.4, -0.2) is 19.1 Å². The lowest BCUT2D eigenvalue weighted by Gasteiger charge is -2.13. The predicted molar refractivity (Wildman–Crippen MR) is 65.7 cm³/mol. The Kier molecular flexibility index (Phi) is 5.22. The lowest BCUT2D eigenvalue weighted by atomic mass is 10.2. The minimum absolute atomic E-state index is 0.297. The first-order valence-electron chi connectivity index (χ1n) is 5.40. The lowest BCUT2D eigenvalue weighted by Crippen LogP contribution is -2.22. The van der Waals surface area contributed by atoms with Gasteiger partial charge in [0.25, 0.3) is 0 Å². The van der Waals surface area contributed by atoms with Crippen LogP contribution in [0.2, 0.25) is 5.02 Å². The Balaban J connectivity index is 2.52. The fraction of sp³-hybridized carbons (Fsp3) is 0.417. The third-order valence-electron chi connectivity index (χ3n) is 2.22. The van der Waals surface area contributed by atoms with Gasteiger partial charge in [-0.3, -0.25) is 4.79 Å². The minimum atomic E-state index is -0.437. The van der Waals surface area contributed by atoms with E-state index < -0.39 is 5.82 Å². The summed E-state index contributed by atoms with van der Waals surface area (Å²) >= 11 is 5.63. The number of hydrogen-bond donors (Lipinski definition) is 1. The summed E-state index contributed by atoms with van der Waals surface area (Å²) in [4.78, 5) is 11.3. The highest BCUT2D eigenvalue weighted by Crippen LogP contribution is 2.19.